The number of amides is 2. The van der Waals surface area contributed by atoms with Crippen LogP contribution in [0.5, 0.6) is 0 Å². The fourth-order valence-corrected chi connectivity index (χ4v) is 2.53. The van der Waals surface area contributed by atoms with Gasteiger partial charge in [0.25, 0.3) is 0 Å². The number of carbonyl (C=O) groups excluding carboxylic acids is 2. The van der Waals surface area contributed by atoms with Gasteiger partial charge in [0, 0.05) is 26.1 Å². The van der Waals surface area contributed by atoms with Crippen LogP contribution in [0.1, 0.15) is 18.4 Å². The van der Waals surface area contributed by atoms with Crippen LogP contribution in [0.15, 0.2) is 24.3 Å². The van der Waals surface area contributed by atoms with Crippen molar-refractivity contribution in [2.45, 2.75) is 19.3 Å². The molecule has 5 heteroatoms. The molecule has 20 heavy (non-hydrogen) atoms. The lowest BCUT2D eigenvalue weighted by atomic mass is 9.95. The third kappa shape index (κ3) is 3.56. The summed E-state index contributed by atoms with van der Waals surface area (Å²) in [5.74, 6) is -0.292. The Morgan fingerprint density at radius 2 is 2.05 bits per heavy atom. The largest absolute Gasteiger partial charge is 0.359 e. The van der Waals surface area contributed by atoms with E-state index in [2.05, 4.69) is 5.32 Å². The average molecular weight is 278 g/mol. The first-order chi connectivity index (χ1) is 9.60. The molecular formula is C15H19FN2O2. The van der Waals surface area contributed by atoms with Gasteiger partial charge in [0.15, 0.2) is 0 Å². The second-order valence-corrected chi connectivity index (χ2v) is 5.08. The van der Waals surface area contributed by atoms with Crippen molar-refractivity contribution in [2.24, 2.45) is 5.92 Å². The van der Waals surface area contributed by atoms with Gasteiger partial charge in [-0.3, -0.25) is 9.59 Å². The molecule has 0 bridgehead atoms. The first-order valence-corrected chi connectivity index (χ1v) is 6.84. The van der Waals surface area contributed by atoms with Crippen LogP contribution in [0.2, 0.25) is 0 Å². The van der Waals surface area contributed by atoms with Crippen molar-refractivity contribution < 1.29 is 14.0 Å². The van der Waals surface area contributed by atoms with Crippen LogP contribution in [0, 0.1) is 11.7 Å². The number of piperidine rings is 1. The van der Waals surface area contributed by atoms with Gasteiger partial charge >= 0.3 is 0 Å². The van der Waals surface area contributed by atoms with Gasteiger partial charge in [-0.1, -0.05) is 12.1 Å². The summed E-state index contributed by atoms with van der Waals surface area (Å²) >= 11 is 0. The minimum atomic E-state index is -0.325. The monoisotopic (exact) mass is 278 g/mol. The van der Waals surface area contributed by atoms with E-state index in [1.165, 1.54) is 12.1 Å². The van der Waals surface area contributed by atoms with Gasteiger partial charge in [-0.15, -0.1) is 0 Å². The molecule has 1 N–H and O–H groups in total. The highest BCUT2D eigenvalue weighted by Gasteiger charge is 2.26. The normalized spacial score (nSPS) is 16.0. The molecule has 0 atom stereocenters. The molecule has 4 nitrogen and oxygen atoms in total. The molecule has 0 radical (unpaired) electrons. The SMILES string of the molecule is CNC(=O)C1CCN(C(=O)Cc2cccc(F)c2)CC1. The quantitative estimate of drug-likeness (QED) is 0.907. The summed E-state index contributed by atoms with van der Waals surface area (Å²) < 4.78 is 13.1. The maximum atomic E-state index is 13.1. The average Bonchev–Trinajstić information content (AvgIpc) is 2.46. The van der Waals surface area contributed by atoms with Crippen LogP contribution < -0.4 is 5.32 Å². The van der Waals surface area contributed by atoms with Crippen molar-refractivity contribution in [3.8, 4) is 0 Å². The number of nitrogens with zero attached hydrogens (tertiary/aromatic N) is 1. The number of carbonyl (C=O) groups is 2. The number of likely N-dealkylation sites (tertiary alicyclic amines) is 1. The highest BCUT2D eigenvalue weighted by atomic mass is 19.1. The minimum absolute atomic E-state index is 0.00165. The van der Waals surface area contributed by atoms with Gasteiger partial charge in [0.2, 0.25) is 11.8 Å². The summed E-state index contributed by atoms with van der Waals surface area (Å²) in [6.45, 7) is 1.18. The molecule has 1 aliphatic rings. The van der Waals surface area contributed by atoms with Crippen LogP contribution in [-0.4, -0.2) is 36.9 Å². The molecule has 1 aliphatic heterocycles. The first kappa shape index (κ1) is 14.5. The van der Waals surface area contributed by atoms with Crippen molar-refractivity contribution in [3.63, 3.8) is 0 Å². The number of rotatable bonds is 3. The molecule has 1 saturated heterocycles. The molecule has 0 unspecified atom stereocenters. The Morgan fingerprint density at radius 3 is 2.65 bits per heavy atom. The van der Waals surface area contributed by atoms with E-state index >= 15 is 0 Å². The minimum Gasteiger partial charge on any atom is -0.359 e. The van der Waals surface area contributed by atoms with E-state index < -0.39 is 0 Å². The van der Waals surface area contributed by atoms with E-state index in [1.54, 1.807) is 24.1 Å². The molecular weight excluding hydrogens is 259 g/mol. The van der Waals surface area contributed by atoms with Crippen molar-refractivity contribution in [2.75, 3.05) is 20.1 Å². The van der Waals surface area contributed by atoms with Crippen molar-refractivity contribution in [1.29, 1.82) is 0 Å². The predicted molar refractivity (Wildman–Crippen MR) is 73.5 cm³/mol. The highest BCUT2D eigenvalue weighted by Crippen LogP contribution is 2.18. The Hall–Kier alpha value is -1.91. The Kier molecular flexibility index (Phi) is 4.71. The smallest absolute Gasteiger partial charge is 0.226 e. The van der Waals surface area contributed by atoms with Gasteiger partial charge in [0.05, 0.1) is 6.42 Å². The van der Waals surface area contributed by atoms with Crippen LogP contribution in [0.25, 0.3) is 0 Å². The van der Waals surface area contributed by atoms with E-state index in [0.717, 1.165) is 0 Å². The summed E-state index contributed by atoms with van der Waals surface area (Å²) in [6, 6.07) is 6.10. The molecule has 0 saturated carbocycles. The first-order valence-electron chi connectivity index (χ1n) is 6.84. The molecule has 1 heterocycles. The molecule has 1 fully saturated rings. The summed E-state index contributed by atoms with van der Waals surface area (Å²) in [5.41, 5.74) is 0.684. The van der Waals surface area contributed by atoms with Gasteiger partial charge in [0.1, 0.15) is 5.82 Å². The summed E-state index contributed by atoms with van der Waals surface area (Å²) in [5, 5.41) is 2.64. The molecule has 0 aromatic heterocycles. The van der Waals surface area contributed by atoms with Crippen molar-refractivity contribution in [1.82, 2.24) is 10.2 Å². The van der Waals surface area contributed by atoms with E-state index in [4.69, 9.17) is 0 Å². The molecule has 0 spiro atoms. The molecule has 108 valence electrons. The Bertz CT molecular complexity index is 496. The third-order valence-electron chi connectivity index (χ3n) is 3.71. The van der Waals surface area contributed by atoms with Crippen LogP contribution in [-0.2, 0) is 16.0 Å². The number of benzene rings is 1. The molecule has 2 amide bonds. The third-order valence-corrected chi connectivity index (χ3v) is 3.71. The molecule has 0 aliphatic carbocycles. The Labute approximate surface area is 118 Å². The van der Waals surface area contributed by atoms with Gasteiger partial charge in [-0.25, -0.2) is 4.39 Å². The molecule has 1 aromatic rings. The number of hydrogen-bond acceptors (Lipinski definition) is 2. The zero-order chi connectivity index (χ0) is 14.5. The van der Waals surface area contributed by atoms with Gasteiger partial charge < -0.3 is 10.2 Å². The van der Waals surface area contributed by atoms with Crippen molar-refractivity contribution >= 4 is 11.8 Å². The van der Waals surface area contributed by atoms with E-state index in [-0.39, 0.29) is 30.0 Å². The fourth-order valence-electron chi connectivity index (χ4n) is 2.53. The Balaban J connectivity index is 1.87. The van der Waals surface area contributed by atoms with Gasteiger partial charge in [-0.2, -0.15) is 0 Å². The zero-order valence-electron chi connectivity index (χ0n) is 11.6. The van der Waals surface area contributed by atoms with Crippen molar-refractivity contribution in [3.05, 3.63) is 35.6 Å². The van der Waals surface area contributed by atoms with Crippen LogP contribution in [0.3, 0.4) is 0 Å². The van der Waals surface area contributed by atoms with Gasteiger partial charge in [-0.05, 0) is 30.5 Å². The summed E-state index contributed by atoms with van der Waals surface area (Å²) in [4.78, 5) is 25.4. The van der Waals surface area contributed by atoms with Crippen LogP contribution in [0.4, 0.5) is 4.39 Å². The van der Waals surface area contributed by atoms with E-state index in [0.29, 0.717) is 31.5 Å². The number of hydrogen-bond donors (Lipinski definition) is 1. The lowest BCUT2D eigenvalue weighted by Gasteiger charge is -2.31. The van der Waals surface area contributed by atoms with Crippen LogP contribution >= 0.6 is 0 Å². The number of nitrogens with one attached hydrogen (secondary N) is 1. The maximum Gasteiger partial charge on any atom is 0.226 e. The van der Waals surface area contributed by atoms with E-state index in [9.17, 15) is 14.0 Å². The molecule has 2 rings (SSSR count). The zero-order valence-corrected chi connectivity index (χ0v) is 11.6. The summed E-state index contributed by atoms with van der Waals surface area (Å²) in [7, 11) is 1.63. The highest BCUT2D eigenvalue weighted by molar-refractivity contribution is 5.80. The second kappa shape index (κ2) is 6.50. The fraction of sp³-hybridized carbons (Fsp3) is 0.467. The lowest BCUT2D eigenvalue weighted by Crippen LogP contribution is -2.42. The predicted octanol–water partition coefficient (Wildman–Crippen LogP) is 1.35. The standard InChI is InChI=1S/C15H19FN2O2/c1-17-15(20)12-5-7-18(8-6-12)14(19)10-11-3-2-4-13(16)9-11/h2-4,9,12H,5-8,10H2,1H3,(H,17,20). The summed E-state index contributed by atoms with van der Waals surface area (Å²) in [6.07, 6.45) is 1.59. The lowest BCUT2D eigenvalue weighted by molar-refractivity contribution is -0.134. The maximum absolute atomic E-state index is 13.1. The van der Waals surface area contributed by atoms with E-state index in [1.807, 2.05) is 0 Å². The molecule has 1 aromatic carbocycles. The second-order valence-electron chi connectivity index (χ2n) is 5.08. The Morgan fingerprint density at radius 1 is 1.35 bits per heavy atom. The topological polar surface area (TPSA) is 49.4 Å². The number of halogens is 1.